The van der Waals surface area contributed by atoms with Crippen molar-refractivity contribution < 1.29 is 9.53 Å². The lowest BCUT2D eigenvalue weighted by atomic mass is 10.1. The van der Waals surface area contributed by atoms with Crippen molar-refractivity contribution in [2.75, 3.05) is 27.2 Å². The summed E-state index contributed by atoms with van der Waals surface area (Å²) in [5.41, 5.74) is 4.01. The van der Waals surface area contributed by atoms with Crippen molar-refractivity contribution in [1.82, 2.24) is 15.5 Å². The lowest BCUT2D eigenvalue weighted by Gasteiger charge is -2.15. The fourth-order valence-corrected chi connectivity index (χ4v) is 2.86. The van der Waals surface area contributed by atoms with Gasteiger partial charge in [0.25, 0.3) is 5.91 Å². The van der Waals surface area contributed by atoms with Gasteiger partial charge in [-0.1, -0.05) is 31.2 Å². The first-order chi connectivity index (χ1) is 14.4. The first-order valence-corrected chi connectivity index (χ1v) is 10.5. The maximum atomic E-state index is 12.0. The lowest BCUT2D eigenvalue weighted by molar-refractivity contribution is 0.0827. The highest BCUT2D eigenvalue weighted by Gasteiger charge is 2.08. The molecule has 0 heterocycles. The number of carbonyl (C=O) groups is 1. The van der Waals surface area contributed by atoms with Gasteiger partial charge in [0, 0.05) is 38.3 Å². The van der Waals surface area contributed by atoms with E-state index in [1.165, 1.54) is 5.56 Å². The fraction of sp³-hybridized carbons (Fsp3) is 0.417. The molecule has 30 heavy (non-hydrogen) atoms. The van der Waals surface area contributed by atoms with Gasteiger partial charge in [-0.2, -0.15) is 0 Å². The van der Waals surface area contributed by atoms with Crippen LogP contribution in [0.25, 0.3) is 0 Å². The van der Waals surface area contributed by atoms with Crippen LogP contribution in [0.15, 0.2) is 47.5 Å². The van der Waals surface area contributed by atoms with Crippen LogP contribution in [0.1, 0.15) is 47.3 Å². The molecule has 0 bridgehead atoms. The quantitative estimate of drug-likeness (QED) is 0.488. The van der Waals surface area contributed by atoms with Crippen LogP contribution in [0, 0.1) is 6.92 Å². The Labute approximate surface area is 180 Å². The first kappa shape index (κ1) is 23.3. The second kappa shape index (κ2) is 11.9. The van der Waals surface area contributed by atoms with E-state index in [-0.39, 0.29) is 5.91 Å². The minimum Gasteiger partial charge on any atom is -0.493 e. The van der Waals surface area contributed by atoms with Crippen molar-refractivity contribution in [1.29, 1.82) is 0 Å². The van der Waals surface area contributed by atoms with Gasteiger partial charge in [-0.25, -0.2) is 4.99 Å². The van der Waals surface area contributed by atoms with Crippen LogP contribution in [0.3, 0.4) is 0 Å². The van der Waals surface area contributed by atoms with Gasteiger partial charge in [0.05, 0.1) is 13.2 Å². The Bertz CT molecular complexity index is 845. The van der Waals surface area contributed by atoms with Crippen molar-refractivity contribution in [3.05, 3.63) is 64.7 Å². The molecule has 0 aromatic heterocycles. The van der Waals surface area contributed by atoms with Crippen LogP contribution >= 0.6 is 0 Å². The van der Waals surface area contributed by atoms with E-state index in [4.69, 9.17) is 4.74 Å². The van der Waals surface area contributed by atoms with E-state index in [2.05, 4.69) is 47.7 Å². The normalized spacial score (nSPS) is 11.2. The number of amides is 1. The van der Waals surface area contributed by atoms with Crippen LogP contribution in [0.5, 0.6) is 5.75 Å². The second-order valence-electron chi connectivity index (χ2n) is 7.40. The zero-order valence-corrected chi connectivity index (χ0v) is 18.8. The van der Waals surface area contributed by atoms with Gasteiger partial charge in [-0.3, -0.25) is 4.79 Å². The van der Waals surface area contributed by atoms with E-state index in [9.17, 15) is 4.79 Å². The number of ether oxygens (including phenoxy) is 1. The predicted octanol–water partition coefficient (Wildman–Crippen LogP) is 3.74. The lowest BCUT2D eigenvalue weighted by Crippen LogP contribution is -2.36. The summed E-state index contributed by atoms with van der Waals surface area (Å²) in [5, 5.41) is 6.67. The summed E-state index contributed by atoms with van der Waals surface area (Å²) in [5.74, 6) is 1.66. The molecule has 0 unspecified atom stereocenters. The molecule has 0 aliphatic heterocycles. The van der Waals surface area contributed by atoms with Gasteiger partial charge >= 0.3 is 0 Å². The van der Waals surface area contributed by atoms with E-state index in [1.54, 1.807) is 19.0 Å². The summed E-state index contributed by atoms with van der Waals surface area (Å²) < 4.78 is 5.90. The van der Waals surface area contributed by atoms with Crippen molar-refractivity contribution in [2.24, 2.45) is 4.99 Å². The van der Waals surface area contributed by atoms with E-state index in [1.807, 2.05) is 31.2 Å². The molecule has 0 radical (unpaired) electrons. The van der Waals surface area contributed by atoms with Crippen LogP contribution in [-0.4, -0.2) is 44.0 Å². The number of hydrogen-bond donors (Lipinski definition) is 2. The van der Waals surface area contributed by atoms with Crippen LogP contribution in [0.4, 0.5) is 0 Å². The summed E-state index contributed by atoms with van der Waals surface area (Å²) in [6, 6.07) is 13.8. The molecular formula is C24H34N4O2. The number of hydrogen-bond acceptors (Lipinski definition) is 3. The third kappa shape index (κ3) is 7.10. The maximum Gasteiger partial charge on any atom is 0.253 e. The number of rotatable bonds is 9. The molecule has 1 amide bonds. The molecule has 0 fully saturated rings. The Kier molecular flexibility index (Phi) is 9.19. The summed E-state index contributed by atoms with van der Waals surface area (Å²) in [6.45, 7) is 8.85. The number of nitrogens with zero attached hydrogens (tertiary/aromatic N) is 2. The van der Waals surface area contributed by atoms with E-state index in [0.29, 0.717) is 25.3 Å². The SMILES string of the molecule is CCCOc1cc(C)ccc1CNC(=NCc1ccc(C(=O)N(C)C)cc1)NCC. The molecule has 2 aromatic carbocycles. The van der Waals surface area contributed by atoms with Gasteiger partial charge in [0.1, 0.15) is 5.75 Å². The first-order valence-electron chi connectivity index (χ1n) is 10.5. The van der Waals surface area contributed by atoms with Gasteiger partial charge in [-0.05, 0) is 49.6 Å². The topological polar surface area (TPSA) is 66.0 Å². The van der Waals surface area contributed by atoms with Crippen molar-refractivity contribution in [2.45, 2.75) is 40.3 Å². The van der Waals surface area contributed by atoms with Crippen LogP contribution < -0.4 is 15.4 Å². The molecule has 0 aliphatic rings. The monoisotopic (exact) mass is 410 g/mol. The summed E-state index contributed by atoms with van der Waals surface area (Å²) in [4.78, 5) is 18.3. The molecular weight excluding hydrogens is 376 g/mol. The van der Waals surface area contributed by atoms with Gasteiger partial charge < -0.3 is 20.3 Å². The van der Waals surface area contributed by atoms with Gasteiger partial charge in [0.15, 0.2) is 5.96 Å². The largest absolute Gasteiger partial charge is 0.493 e. The molecule has 0 aliphatic carbocycles. The third-order valence-corrected chi connectivity index (χ3v) is 4.50. The summed E-state index contributed by atoms with van der Waals surface area (Å²) >= 11 is 0. The Hall–Kier alpha value is -3.02. The molecule has 6 heteroatoms. The molecule has 2 rings (SSSR count). The van der Waals surface area contributed by atoms with E-state index >= 15 is 0 Å². The Morgan fingerprint density at radius 1 is 1.07 bits per heavy atom. The summed E-state index contributed by atoms with van der Waals surface area (Å²) in [7, 11) is 3.50. The number of carbonyl (C=O) groups excluding carboxylic acids is 1. The second-order valence-corrected chi connectivity index (χ2v) is 7.40. The number of aryl methyl sites for hydroxylation is 1. The molecule has 2 aromatic rings. The zero-order chi connectivity index (χ0) is 21.9. The molecule has 0 saturated carbocycles. The van der Waals surface area contributed by atoms with Gasteiger partial charge in [0.2, 0.25) is 0 Å². The Morgan fingerprint density at radius 2 is 1.80 bits per heavy atom. The van der Waals surface area contributed by atoms with Crippen molar-refractivity contribution in [3.8, 4) is 5.75 Å². The number of guanidine groups is 1. The molecule has 0 atom stereocenters. The average Bonchev–Trinajstić information content (AvgIpc) is 2.74. The van der Waals surface area contributed by atoms with Gasteiger partial charge in [-0.15, -0.1) is 0 Å². The third-order valence-electron chi connectivity index (χ3n) is 4.50. The average molecular weight is 411 g/mol. The number of benzene rings is 2. The molecule has 2 N–H and O–H groups in total. The smallest absolute Gasteiger partial charge is 0.253 e. The summed E-state index contributed by atoms with van der Waals surface area (Å²) in [6.07, 6.45) is 0.976. The van der Waals surface area contributed by atoms with Crippen LogP contribution in [0.2, 0.25) is 0 Å². The highest BCUT2D eigenvalue weighted by atomic mass is 16.5. The van der Waals surface area contributed by atoms with Crippen LogP contribution in [-0.2, 0) is 13.1 Å². The molecule has 0 spiro atoms. The highest BCUT2D eigenvalue weighted by molar-refractivity contribution is 5.93. The Balaban J connectivity index is 2.04. The van der Waals surface area contributed by atoms with E-state index < -0.39 is 0 Å². The number of nitrogens with one attached hydrogen (secondary N) is 2. The fourth-order valence-electron chi connectivity index (χ4n) is 2.86. The Morgan fingerprint density at radius 3 is 2.43 bits per heavy atom. The van der Waals surface area contributed by atoms with E-state index in [0.717, 1.165) is 35.8 Å². The maximum absolute atomic E-state index is 12.0. The highest BCUT2D eigenvalue weighted by Crippen LogP contribution is 2.20. The standard InChI is InChI=1S/C24H34N4O2/c1-6-14-30-22-15-18(3)8-11-21(22)17-27-24(25-7-2)26-16-19-9-12-20(13-10-19)23(29)28(4)5/h8-13,15H,6-7,14,16-17H2,1-5H3,(H2,25,26,27). The zero-order valence-electron chi connectivity index (χ0n) is 18.8. The molecule has 0 saturated heterocycles. The minimum atomic E-state index is -0.000694. The van der Waals surface area contributed by atoms with Crippen molar-refractivity contribution >= 4 is 11.9 Å². The minimum absolute atomic E-state index is 0.000694. The molecule has 6 nitrogen and oxygen atoms in total. The number of aliphatic imine (C=N–C) groups is 1. The molecule has 162 valence electrons. The van der Waals surface area contributed by atoms with Crippen molar-refractivity contribution in [3.63, 3.8) is 0 Å². The predicted molar refractivity (Wildman–Crippen MR) is 123 cm³/mol.